The molecule has 1 aromatic rings. The number of allylic oxidation sites excluding steroid dienone is 6. The Morgan fingerprint density at radius 1 is 1.20 bits per heavy atom. The Balaban J connectivity index is 1.64. The van der Waals surface area contributed by atoms with Crippen LogP contribution in [-0.4, -0.2) is 23.8 Å². The van der Waals surface area contributed by atoms with Crippen molar-refractivity contribution in [2.24, 2.45) is 0 Å². The van der Waals surface area contributed by atoms with Crippen LogP contribution in [0.15, 0.2) is 42.0 Å². The second kappa shape index (κ2) is 5.72. The van der Waals surface area contributed by atoms with Crippen LogP contribution in [0.1, 0.15) is 69.5 Å². The van der Waals surface area contributed by atoms with Crippen LogP contribution in [0, 0.1) is 0 Å². The summed E-state index contributed by atoms with van der Waals surface area (Å²) in [7, 11) is 0.637. The van der Waals surface area contributed by atoms with Crippen molar-refractivity contribution in [1.29, 1.82) is 0 Å². The summed E-state index contributed by atoms with van der Waals surface area (Å²) in [5.41, 5.74) is 7.20. The molecule has 3 aliphatic carbocycles. The van der Waals surface area contributed by atoms with Crippen LogP contribution in [0.4, 0.5) is 0 Å². The van der Waals surface area contributed by atoms with Crippen molar-refractivity contribution in [3.05, 3.63) is 58.7 Å². The first-order valence-electron chi connectivity index (χ1n) is 9.40. The van der Waals surface area contributed by atoms with Gasteiger partial charge in [0.25, 0.3) is 7.48 Å². The standard InChI is InChI=1S/C22H27BO2/c1-21(2,24)22(3,4)25-23-19-13-12-17-15-9-6-5-8-14(15)16-10-7-11-18(19)20(16)17/h6-7,9-12,19,23-24H,5,8,13H2,1-4H3. The van der Waals surface area contributed by atoms with Gasteiger partial charge in [-0.25, -0.2) is 0 Å². The summed E-state index contributed by atoms with van der Waals surface area (Å²) in [6, 6.07) is 6.73. The third-order valence-electron chi connectivity index (χ3n) is 6.32. The van der Waals surface area contributed by atoms with Crippen molar-refractivity contribution < 1.29 is 9.76 Å². The molecule has 1 aromatic carbocycles. The molecule has 0 saturated heterocycles. The van der Waals surface area contributed by atoms with Gasteiger partial charge in [-0.2, -0.15) is 0 Å². The molecule has 25 heavy (non-hydrogen) atoms. The van der Waals surface area contributed by atoms with Crippen molar-refractivity contribution in [1.82, 2.24) is 0 Å². The molecular formula is C22H27BO2. The summed E-state index contributed by atoms with van der Waals surface area (Å²) in [6.07, 6.45) is 10.3. The van der Waals surface area contributed by atoms with E-state index in [9.17, 15) is 5.11 Å². The molecule has 0 amide bonds. The van der Waals surface area contributed by atoms with Crippen molar-refractivity contribution in [3.63, 3.8) is 0 Å². The quantitative estimate of drug-likeness (QED) is 0.819. The zero-order valence-corrected chi connectivity index (χ0v) is 15.7. The van der Waals surface area contributed by atoms with Gasteiger partial charge in [-0.15, -0.1) is 0 Å². The zero-order valence-electron chi connectivity index (χ0n) is 15.7. The topological polar surface area (TPSA) is 29.5 Å². The minimum absolute atomic E-state index is 0.352. The Bertz CT molecular complexity index is 806. The summed E-state index contributed by atoms with van der Waals surface area (Å²) in [5, 5.41) is 10.4. The highest BCUT2D eigenvalue weighted by atomic mass is 16.5. The summed E-state index contributed by atoms with van der Waals surface area (Å²) in [5.74, 6) is 0.352. The monoisotopic (exact) mass is 334 g/mol. The van der Waals surface area contributed by atoms with Crippen LogP contribution in [-0.2, 0) is 4.65 Å². The molecule has 1 N–H and O–H groups in total. The van der Waals surface area contributed by atoms with Crippen LogP contribution < -0.4 is 0 Å². The molecule has 0 fully saturated rings. The largest absolute Gasteiger partial charge is 0.431 e. The highest BCUT2D eigenvalue weighted by Crippen LogP contribution is 2.51. The van der Waals surface area contributed by atoms with E-state index in [1.807, 2.05) is 27.7 Å². The van der Waals surface area contributed by atoms with E-state index in [-0.39, 0.29) is 0 Å². The van der Waals surface area contributed by atoms with Gasteiger partial charge in [0.05, 0.1) is 11.2 Å². The predicted molar refractivity (Wildman–Crippen MR) is 106 cm³/mol. The third-order valence-corrected chi connectivity index (χ3v) is 6.32. The SMILES string of the molecule is CC(C)(O)C(C)(C)OBC1CC=C2C3=C(CCC=C3)c3cccc1c32. The van der Waals surface area contributed by atoms with E-state index in [2.05, 4.69) is 36.4 Å². The lowest BCUT2D eigenvalue weighted by atomic mass is 9.66. The van der Waals surface area contributed by atoms with E-state index in [0.29, 0.717) is 13.3 Å². The van der Waals surface area contributed by atoms with Gasteiger partial charge in [0, 0.05) is 0 Å². The van der Waals surface area contributed by atoms with E-state index in [4.69, 9.17) is 4.65 Å². The van der Waals surface area contributed by atoms with E-state index >= 15 is 0 Å². The average Bonchev–Trinajstić information content (AvgIpc) is 2.90. The summed E-state index contributed by atoms with van der Waals surface area (Å²) in [6.45, 7) is 7.57. The zero-order chi connectivity index (χ0) is 17.8. The third kappa shape index (κ3) is 2.65. The number of aliphatic hydroxyl groups is 1. The molecule has 1 unspecified atom stereocenters. The Kier molecular flexibility index (Phi) is 3.86. The minimum atomic E-state index is -0.868. The number of hydrogen-bond donors (Lipinski definition) is 1. The first kappa shape index (κ1) is 16.9. The van der Waals surface area contributed by atoms with Gasteiger partial charge in [0.1, 0.15) is 0 Å². The number of benzene rings is 1. The fourth-order valence-electron chi connectivity index (χ4n) is 4.04. The maximum atomic E-state index is 10.4. The first-order chi connectivity index (χ1) is 11.8. The summed E-state index contributed by atoms with van der Waals surface area (Å²) >= 11 is 0. The van der Waals surface area contributed by atoms with Gasteiger partial charge in [-0.05, 0) is 86.2 Å². The predicted octanol–water partition coefficient (Wildman–Crippen LogP) is 4.55. The normalized spacial score (nSPS) is 21.8. The molecule has 4 rings (SSSR count). The molecule has 0 aromatic heterocycles. The van der Waals surface area contributed by atoms with Crippen molar-refractivity contribution in [2.45, 2.75) is 64.0 Å². The number of rotatable bonds is 4. The molecule has 1 atom stereocenters. The van der Waals surface area contributed by atoms with Crippen LogP contribution in [0.5, 0.6) is 0 Å². The van der Waals surface area contributed by atoms with Crippen LogP contribution in [0.3, 0.4) is 0 Å². The van der Waals surface area contributed by atoms with E-state index in [1.54, 1.807) is 0 Å². The smallest absolute Gasteiger partial charge is 0.283 e. The lowest BCUT2D eigenvalue weighted by Gasteiger charge is -2.39. The molecule has 0 spiro atoms. The van der Waals surface area contributed by atoms with E-state index in [1.165, 1.54) is 33.4 Å². The van der Waals surface area contributed by atoms with E-state index in [0.717, 1.165) is 19.3 Å². The van der Waals surface area contributed by atoms with Gasteiger partial charge in [-0.1, -0.05) is 36.4 Å². The molecule has 130 valence electrons. The Labute approximate surface area is 151 Å². The fourth-order valence-corrected chi connectivity index (χ4v) is 4.04. The van der Waals surface area contributed by atoms with Crippen molar-refractivity contribution >= 4 is 18.6 Å². The van der Waals surface area contributed by atoms with Gasteiger partial charge in [-0.3, -0.25) is 0 Å². The highest BCUT2D eigenvalue weighted by molar-refractivity contribution is 6.31. The van der Waals surface area contributed by atoms with Crippen molar-refractivity contribution in [2.75, 3.05) is 0 Å². The van der Waals surface area contributed by atoms with Gasteiger partial charge in [0.2, 0.25) is 0 Å². The molecule has 3 aliphatic rings. The molecule has 2 nitrogen and oxygen atoms in total. The van der Waals surface area contributed by atoms with Crippen LogP contribution in [0.2, 0.25) is 0 Å². The maximum Gasteiger partial charge on any atom is 0.283 e. The van der Waals surface area contributed by atoms with E-state index < -0.39 is 11.2 Å². The van der Waals surface area contributed by atoms with Gasteiger partial charge < -0.3 is 9.76 Å². The minimum Gasteiger partial charge on any atom is -0.431 e. The maximum absolute atomic E-state index is 10.4. The fraction of sp³-hybridized carbons (Fsp3) is 0.455. The summed E-state index contributed by atoms with van der Waals surface area (Å²) in [4.78, 5) is 0. The molecular weight excluding hydrogens is 307 g/mol. The molecule has 3 heteroatoms. The number of fused-ring (bicyclic) bond motifs is 2. The highest BCUT2D eigenvalue weighted by Gasteiger charge is 2.38. The van der Waals surface area contributed by atoms with Gasteiger partial charge >= 0.3 is 0 Å². The molecule has 0 saturated carbocycles. The van der Waals surface area contributed by atoms with Gasteiger partial charge in [0.15, 0.2) is 0 Å². The lowest BCUT2D eigenvalue weighted by molar-refractivity contribution is -0.0910. The summed E-state index contributed by atoms with van der Waals surface area (Å²) < 4.78 is 6.20. The number of hydrogen-bond acceptors (Lipinski definition) is 2. The van der Waals surface area contributed by atoms with Crippen LogP contribution in [0.25, 0.3) is 11.1 Å². The molecule has 0 radical (unpaired) electrons. The molecule has 0 bridgehead atoms. The Morgan fingerprint density at radius 3 is 2.76 bits per heavy atom. The second-order valence-electron chi connectivity index (χ2n) is 8.53. The molecule has 0 heterocycles. The lowest BCUT2D eigenvalue weighted by Crippen LogP contribution is -2.48. The average molecular weight is 334 g/mol. The van der Waals surface area contributed by atoms with Crippen molar-refractivity contribution in [3.8, 4) is 0 Å². The Morgan fingerprint density at radius 2 is 2.00 bits per heavy atom. The second-order valence-corrected chi connectivity index (χ2v) is 8.53. The molecule has 0 aliphatic heterocycles. The first-order valence-corrected chi connectivity index (χ1v) is 9.40. The Hall–Kier alpha value is -1.58. The van der Waals surface area contributed by atoms with Crippen LogP contribution >= 0.6 is 0 Å².